The van der Waals surface area contributed by atoms with E-state index in [2.05, 4.69) is 67.6 Å². The molecule has 0 amide bonds. The third-order valence-electron chi connectivity index (χ3n) is 6.59. The lowest BCUT2D eigenvalue weighted by atomic mass is 10.0. The highest BCUT2D eigenvalue weighted by molar-refractivity contribution is 6.30. The highest BCUT2D eigenvalue weighted by Gasteiger charge is 2.36. The molecule has 1 saturated carbocycles. The van der Waals surface area contributed by atoms with Crippen LogP contribution in [0.1, 0.15) is 49.2 Å². The van der Waals surface area contributed by atoms with Crippen molar-refractivity contribution in [2.24, 2.45) is 0 Å². The first-order chi connectivity index (χ1) is 14.8. The molecule has 1 N–H and O–H groups in total. The zero-order valence-corrected chi connectivity index (χ0v) is 17.9. The van der Waals surface area contributed by atoms with Crippen molar-refractivity contribution >= 4 is 17.3 Å². The predicted molar refractivity (Wildman–Crippen MR) is 118 cm³/mol. The molecule has 2 aliphatic rings. The number of nitrogens with zero attached hydrogens (tertiary/aromatic N) is 5. The Balaban J connectivity index is 1.43. The van der Waals surface area contributed by atoms with Gasteiger partial charge in [-0.3, -0.25) is 0 Å². The van der Waals surface area contributed by atoms with E-state index in [1.807, 2.05) is 12.1 Å². The van der Waals surface area contributed by atoms with E-state index in [4.69, 9.17) is 11.6 Å². The number of aromatic nitrogens is 4. The van der Waals surface area contributed by atoms with Crippen LogP contribution in [0.3, 0.4) is 0 Å². The molecule has 3 aromatic rings. The first kappa shape index (κ1) is 19.5. The standard InChI is InChI=1S/C23H27ClN6/c24-19-12-10-18(11-13-19)22(23-25-26-27-30(23)21-8-4-5-9-21)29-16-14-28(15-17-29)20-6-2-1-3-7-20/h1-3,6-7,10-13,21-22H,4-5,8-9,14-17H2/p+1/t22-/m0/s1. The van der Waals surface area contributed by atoms with Crippen LogP contribution >= 0.6 is 11.6 Å². The zero-order valence-electron chi connectivity index (χ0n) is 17.1. The van der Waals surface area contributed by atoms with Crippen LogP contribution in [-0.4, -0.2) is 46.4 Å². The van der Waals surface area contributed by atoms with E-state index in [0.29, 0.717) is 6.04 Å². The lowest BCUT2D eigenvalue weighted by Crippen LogP contribution is -3.15. The Hall–Kier alpha value is -2.44. The molecule has 0 spiro atoms. The molecule has 7 heteroatoms. The van der Waals surface area contributed by atoms with Crippen molar-refractivity contribution in [1.82, 2.24) is 20.2 Å². The Morgan fingerprint density at radius 1 is 0.933 bits per heavy atom. The van der Waals surface area contributed by atoms with Crippen LogP contribution in [0.2, 0.25) is 5.02 Å². The first-order valence-electron chi connectivity index (χ1n) is 11.0. The SMILES string of the molecule is Clc1ccc([C@@H](c2nnnn2C2CCCC2)[NH+]2CCN(c3ccccc3)CC2)cc1. The third-order valence-corrected chi connectivity index (χ3v) is 6.84. The molecule has 0 unspecified atom stereocenters. The second-order valence-electron chi connectivity index (χ2n) is 8.39. The van der Waals surface area contributed by atoms with E-state index in [1.165, 1.54) is 41.8 Å². The van der Waals surface area contributed by atoms with Crippen molar-refractivity contribution in [2.75, 3.05) is 31.1 Å². The molecule has 1 saturated heterocycles. The molecule has 156 valence electrons. The smallest absolute Gasteiger partial charge is 0.214 e. The van der Waals surface area contributed by atoms with Gasteiger partial charge in [-0.2, -0.15) is 0 Å². The summed E-state index contributed by atoms with van der Waals surface area (Å²) >= 11 is 6.19. The number of piperazine rings is 1. The van der Waals surface area contributed by atoms with Crippen molar-refractivity contribution in [1.29, 1.82) is 0 Å². The highest BCUT2D eigenvalue weighted by atomic mass is 35.5. The van der Waals surface area contributed by atoms with Gasteiger partial charge in [0.25, 0.3) is 0 Å². The van der Waals surface area contributed by atoms with Gasteiger partial charge in [0.05, 0.1) is 32.2 Å². The number of benzene rings is 2. The summed E-state index contributed by atoms with van der Waals surface area (Å²) in [7, 11) is 0. The Bertz CT molecular complexity index is 943. The lowest BCUT2D eigenvalue weighted by Gasteiger charge is -2.37. The second-order valence-corrected chi connectivity index (χ2v) is 8.82. The third kappa shape index (κ3) is 3.94. The molecule has 1 aliphatic heterocycles. The quantitative estimate of drug-likeness (QED) is 0.685. The number of anilines is 1. The molecule has 5 rings (SSSR count). The van der Waals surface area contributed by atoms with Crippen molar-refractivity contribution in [3.63, 3.8) is 0 Å². The van der Waals surface area contributed by atoms with E-state index in [0.717, 1.165) is 37.0 Å². The minimum absolute atomic E-state index is 0.121. The molecule has 30 heavy (non-hydrogen) atoms. The predicted octanol–water partition coefficient (Wildman–Crippen LogP) is 2.94. The Labute approximate surface area is 182 Å². The largest absolute Gasteiger partial charge is 0.360 e. The monoisotopic (exact) mass is 423 g/mol. The van der Waals surface area contributed by atoms with Gasteiger partial charge in [-0.15, -0.1) is 5.10 Å². The molecule has 1 aromatic heterocycles. The van der Waals surface area contributed by atoms with Crippen LogP contribution < -0.4 is 9.80 Å². The van der Waals surface area contributed by atoms with Crippen LogP contribution in [0.5, 0.6) is 0 Å². The highest BCUT2D eigenvalue weighted by Crippen LogP contribution is 2.31. The lowest BCUT2D eigenvalue weighted by molar-refractivity contribution is -0.927. The number of hydrogen-bond acceptors (Lipinski definition) is 4. The number of quaternary nitrogens is 1. The maximum atomic E-state index is 6.19. The van der Waals surface area contributed by atoms with E-state index in [1.54, 1.807) is 0 Å². The Kier molecular flexibility index (Phi) is 5.69. The number of hydrogen-bond donors (Lipinski definition) is 1. The van der Waals surface area contributed by atoms with Gasteiger partial charge in [0.2, 0.25) is 5.82 Å². The average molecular weight is 424 g/mol. The van der Waals surface area contributed by atoms with Crippen LogP contribution in [0.15, 0.2) is 54.6 Å². The molecule has 0 radical (unpaired) electrons. The van der Waals surface area contributed by atoms with Crippen molar-refractivity contribution in [3.05, 3.63) is 71.0 Å². The fraction of sp³-hybridized carbons (Fsp3) is 0.435. The number of halogens is 1. The summed E-state index contributed by atoms with van der Waals surface area (Å²) in [6.07, 6.45) is 4.86. The molecule has 1 atom stereocenters. The maximum absolute atomic E-state index is 6.19. The summed E-state index contributed by atoms with van der Waals surface area (Å²) in [6, 6.07) is 19.5. The molecular formula is C23H28ClN6+. The molecule has 2 fully saturated rings. The molecule has 0 bridgehead atoms. The van der Waals surface area contributed by atoms with Gasteiger partial charge in [0.15, 0.2) is 6.04 Å². The van der Waals surface area contributed by atoms with Gasteiger partial charge in [-0.25, -0.2) is 4.68 Å². The minimum Gasteiger partial charge on any atom is -0.360 e. The van der Waals surface area contributed by atoms with E-state index in [-0.39, 0.29) is 6.04 Å². The summed E-state index contributed by atoms with van der Waals surface area (Å²) in [5.41, 5.74) is 2.53. The van der Waals surface area contributed by atoms with Crippen molar-refractivity contribution < 1.29 is 4.90 Å². The maximum Gasteiger partial charge on any atom is 0.214 e. The van der Waals surface area contributed by atoms with Gasteiger partial charge in [0.1, 0.15) is 0 Å². The van der Waals surface area contributed by atoms with Crippen LogP contribution in [0.25, 0.3) is 0 Å². The van der Waals surface area contributed by atoms with Crippen molar-refractivity contribution in [3.8, 4) is 0 Å². The van der Waals surface area contributed by atoms with Gasteiger partial charge in [-0.1, -0.05) is 54.8 Å². The Morgan fingerprint density at radius 3 is 2.33 bits per heavy atom. The van der Waals surface area contributed by atoms with E-state index < -0.39 is 0 Å². The molecular weight excluding hydrogens is 396 g/mol. The first-order valence-corrected chi connectivity index (χ1v) is 11.4. The van der Waals surface area contributed by atoms with Gasteiger partial charge >= 0.3 is 0 Å². The summed E-state index contributed by atoms with van der Waals surface area (Å²) in [5.74, 6) is 0.993. The average Bonchev–Trinajstić information content (AvgIpc) is 3.48. The Morgan fingerprint density at radius 2 is 1.63 bits per heavy atom. The van der Waals surface area contributed by atoms with Gasteiger partial charge in [0, 0.05) is 16.3 Å². The fourth-order valence-electron chi connectivity index (χ4n) is 5.00. The van der Waals surface area contributed by atoms with E-state index in [9.17, 15) is 0 Å². The zero-order chi connectivity index (χ0) is 20.3. The van der Waals surface area contributed by atoms with Crippen molar-refractivity contribution in [2.45, 2.75) is 37.8 Å². The number of para-hydroxylation sites is 1. The number of tetrazole rings is 1. The van der Waals surface area contributed by atoms with Crippen LogP contribution in [0, 0.1) is 0 Å². The normalized spacial score (nSPS) is 19.3. The number of rotatable bonds is 5. The molecule has 6 nitrogen and oxygen atoms in total. The summed E-state index contributed by atoms with van der Waals surface area (Å²) in [4.78, 5) is 3.99. The summed E-state index contributed by atoms with van der Waals surface area (Å²) in [5, 5.41) is 13.8. The van der Waals surface area contributed by atoms with Crippen LogP contribution in [0.4, 0.5) is 5.69 Å². The molecule has 1 aliphatic carbocycles. The number of nitrogens with one attached hydrogen (secondary N) is 1. The van der Waals surface area contributed by atoms with Gasteiger partial charge in [-0.05, 0) is 47.5 Å². The molecule has 2 heterocycles. The van der Waals surface area contributed by atoms with E-state index >= 15 is 0 Å². The topological polar surface area (TPSA) is 51.3 Å². The van der Waals surface area contributed by atoms with Crippen LogP contribution in [-0.2, 0) is 0 Å². The second kappa shape index (κ2) is 8.74. The van der Waals surface area contributed by atoms with Gasteiger partial charge < -0.3 is 9.80 Å². The fourth-order valence-corrected chi connectivity index (χ4v) is 5.13. The summed E-state index contributed by atoms with van der Waals surface area (Å²) < 4.78 is 2.11. The summed E-state index contributed by atoms with van der Waals surface area (Å²) in [6.45, 7) is 4.13. The molecule has 2 aromatic carbocycles. The minimum atomic E-state index is 0.121.